The number of ether oxygens (including phenoxy) is 2. The van der Waals surface area contributed by atoms with Crippen molar-refractivity contribution < 1.29 is 28.7 Å². The second-order valence-electron chi connectivity index (χ2n) is 16.3. The fourth-order valence-electron chi connectivity index (χ4n) is 8.85. The van der Waals surface area contributed by atoms with Crippen molar-refractivity contribution in [1.82, 2.24) is 35.1 Å². The van der Waals surface area contributed by atoms with Crippen molar-refractivity contribution in [3.63, 3.8) is 0 Å². The topological polar surface area (TPSA) is 163 Å². The second-order valence-corrected chi connectivity index (χ2v) is 16.3. The molecule has 4 aromatic rings. The number of esters is 1. The fraction of sp³-hybridized carbons (Fsp3) is 0.500. The van der Waals surface area contributed by atoms with Gasteiger partial charge in [0.05, 0.1) is 55.4 Å². The van der Waals surface area contributed by atoms with Crippen molar-refractivity contribution in [2.75, 3.05) is 20.8 Å². The summed E-state index contributed by atoms with van der Waals surface area (Å²) in [5.41, 5.74) is 5.05. The van der Waals surface area contributed by atoms with Gasteiger partial charge >= 0.3 is 12.1 Å². The summed E-state index contributed by atoms with van der Waals surface area (Å²) in [7, 11) is 2.66. The summed E-state index contributed by atoms with van der Waals surface area (Å²) in [6, 6.07) is 12.9. The molecule has 0 spiro atoms. The van der Waals surface area contributed by atoms with E-state index in [4.69, 9.17) is 19.4 Å². The number of likely N-dealkylation sites (tertiary alicyclic amines) is 1. The average molecular weight is 776 g/mol. The number of imidazole rings is 2. The van der Waals surface area contributed by atoms with E-state index in [0.29, 0.717) is 6.54 Å². The number of H-pyrrole nitrogens is 2. The van der Waals surface area contributed by atoms with Gasteiger partial charge in [0.2, 0.25) is 11.8 Å². The molecule has 4 fully saturated rings. The predicted octanol–water partition coefficient (Wildman–Crippen LogP) is 6.67. The van der Waals surface area contributed by atoms with E-state index in [9.17, 15) is 19.2 Å². The van der Waals surface area contributed by atoms with Crippen LogP contribution in [0.15, 0.2) is 48.7 Å². The van der Waals surface area contributed by atoms with E-state index in [1.54, 1.807) is 0 Å². The number of piperidine rings is 2. The van der Waals surface area contributed by atoms with E-state index in [0.717, 1.165) is 83.6 Å². The number of fused-ring (bicyclic) bond motifs is 4. The first-order valence-electron chi connectivity index (χ1n) is 20.2. The molecule has 1 aliphatic carbocycles. The zero-order valence-corrected chi connectivity index (χ0v) is 33.6. The molecule has 1 saturated carbocycles. The van der Waals surface area contributed by atoms with Crippen molar-refractivity contribution in [3.8, 4) is 23.1 Å². The molecule has 2 bridgehead atoms. The van der Waals surface area contributed by atoms with Crippen LogP contribution >= 0.6 is 0 Å². The molecule has 2 aromatic carbocycles. The number of carbonyl (C=O) groups excluding carboxylic acids is 4. The Balaban J connectivity index is 1.05. The first kappa shape index (κ1) is 39.6. The van der Waals surface area contributed by atoms with E-state index in [1.165, 1.54) is 14.2 Å². The predicted molar refractivity (Wildman–Crippen MR) is 214 cm³/mol. The lowest BCUT2D eigenvalue weighted by Gasteiger charge is -2.51. The van der Waals surface area contributed by atoms with Crippen molar-refractivity contribution in [3.05, 3.63) is 71.4 Å². The first-order chi connectivity index (χ1) is 27.4. The Morgan fingerprint density at radius 1 is 0.860 bits per heavy atom. The molecule has 3 aliphatic heterocycles. The van der Waals surface area contributed by atoms with Crippen LogP contribution in [0.1, 0.15) is 108 Å². The zero-order valence-electron chi connectivity index (χ0n) is 33.6. The summed E-state index contributed by atoms with van der Waals surface area (Å²) >= 11 is 0. The molecule has 13 nitrogen and oxygen atoms in total. The summed E-state index contributed by atoms with van der Waals surface area (Å²) in [6.45, 7) is 8.41. The largest absolute Gasteiger partial charge is 0.469 e. The number of hydrogen-bond acceptors (Lipinski definition) is 8. The third-order valence-corrected chi connectivity index (χ3v) is 12.0. The minimum Gasteiger partial charge on any atom is -0.469 e. The summed E-state index contributed by atoms with van der Waals surface area (Å²) in [4.78, 5) is 72.5. The monoisotopic (exact) mass is 775 g/mol. The molecule has 3 saturated heterocycles. The lowest BCUT2D eigenvalue weighted by Crippen LogP contribution is -2.59. The molecule has 4 atom stereocenters. The van der Waals surface area contributed by atoms with Gasteiger partial charge in [-0.25, -0.2) is 14.8 Å². The Hall–Kier alpha value is -5.64. The van der Waals surface area contributed by atoms with Crippen LogP contribution in [0, 0.1) is 35.5 Å². The van der Waals surface area contributed by atoms with E-state index < -0.39 is 18.1 Å². The van der Waals surface area contributed by atoms with Gasteiger partial charge in [0.15, 0.2) is 0 Å². The molecule has 57 heavy (non-hydrogen) atoms. The number of aromatic amines is 2. The minimum atomic E-state index is -0.694. The van der Waals surface area contributed by atoms with Crippen molar-refractivity contribution in [2.45, 2.75) is 96.8 Å². The van der Waals surface area contributed by atoms with E-state index >= 15 is 0 Å². The quantitative estimate of drug-likeness (QED) is 0.119. The number of aromatic nitrogens is 4. The Bertz CT molecular complexity index is 2170. The lowest BCUT2D eigenvalue weighted by atomic mass is 9.73. The van der Waals surface area contributed by atoms with Gasteiger partial charge in [-0.2, -0.15) is 0 Å². The molecule has 3 N–H and O–H groups in total. The third kappa shape index (κ3) is 8.27. The number of nitrogens with zero attached hydrogens (tertiary/aromatic N) is 4. The number of benzene rings is 2. The summed E-state index contributed by atoms with van der Waals surface area (Å²) in [5.74, 6) is 7.29. The van der Waals surface area contributed by atoms with Crippen molar-refractivity contribution in [1.29, 1.82) is 0 Å². The average Bonchev–Trinajstić information content (AvgIpc) is 4.01. The zero-order chi connectivity index (χ0) is 40.4. The molecule has 2 aromatic heterocycles. The van der Waals surface area contributed by atoms with Crippen LogP contribution in [0.25, 0.3) is 22.3 Å². The van der Waals surface area contributed by atoms with Gasteiger partial charge in [-0.3, -0.25) is 14.4 Å². The van der Waals surface area contributed by atoms with Gasteiger partial charge in [0.25, 0.3) is 0 Å². The maximum atomic E-state index is 14.1. The molecule has 3 amide bonds. The highest BCUT2D eigenvalue weighted by Crippen LogP contribution is 2.47. The highest BCUT2D eigenvalue weighted by molar-refractivity contribution is 5.87. The van der Waals surface area contributed by atoms with Crippen LogP contribution < -0.4 is 5.32 Å². The molecule has 0 radical (unpaired) electrons. The molecule has 0 unspecified atom stereocenters. The molecule has 13 heteroatoms. The second kappa shape index (κ2) is 16.8. The summed E-state index contributed by atoms with van der Waals surface area (Å²) < 4.78 is 9.70. The van der Waals surface area contributed by atoms with Gasteiger partial charge in [-0.1, -0.05) is 51.7 Å². The number of amides is 3. The number of carbonyl (C=O) groups is 4. The van der Waals surface area contributed by atoms with Gasteiger partial charge < -0.3 is 34.6 Å². The lowest BCUT2D eigenvalue weighted by molar-refractivity contribution is -0.149. The molecule has 8 rings (SSSR count). The van der Waals surface area contributed by atoms with E-state index in [2.05, 4.69) is 27.1 Å². The number of nitrogens with one attached hydrogen (secondary N) is 3. The van der Waals surface area contributed by atoms with Crippen LogP contribution in [0.4, 0.5) is 4.79 Å². The maximum Gasteiger partial charge on any atom is 0.407 e. The SMILES string of the molecule is COC(=O)C[C@H](C(=O)N1CCC[C@H]1c1nc(-c2ccc(C#Cc3ccc4[nH]c([C@@H]5C6CCC(CC6)N5C(=O)[C@@H](NC(=O)OC)C(C)C)nc4c3)cc2)c[nH]1)C(C)C. The van der Waals surface area contributed by atoms with Crippen LogP contribution in [0.3, 0.4) is 0 Å². The summed E-state index contributed by atoms with van der Waals surface area (Å²) in [5, 5.41) is 2.77. The first-order valence-corrected chi connectivity index (χ1v) is 20.2. The van der Waals surface area contributed by atoms with Gasteiger partial charge in [0.1, 0.15) is 17.7 Å². The molecule has 4 aliphatic rings. The standard InChI is InChI=1S/C44H53N7O6/c1-25(2)32(23-37(52)56-5)42(53)50-21-7-8-36(50)40-45-24-35(48-40)29-14-11-27(12-15-29)9-10-28-13-20-33-34(22-28)47-41(46-33)39-30-16-18-31(19-17-30)51(39)43(54)38(26(3)4)49-44(55)57-6/h11-15,20,22,24-26,30-32,36,38-39H,7-8,16-19,21,23H2,1-6H3,(H,45,48)(H,46,47)(H,49,55)/t30?,31?,32-,36-,38-,39-/m0/s1. The maximum absolute atomic E-state index is 14.1. The Morgan fingerprint density at radius 2 is 1.58 bits per heavy atom. The van der Waals surface area contributed by atoms with E-state index in [1.807, 2.05) is 86.2 Å². The van der Waals surface area contributed by atoms with E-state index in [-0.39, 0.29) is 60.1 Å². The van der Waals surface area contributed by atoms with Crippen LogP contribution in [-0.4, -0.2) is 86.5 Å². The van der Waals surface area contributed by atoms with Crippen LogP contribution in [0.2, 0.25) is 0 Å². The molecular formula is C44H53N7O6. The van der Waals surface area contributed by atoms with Crippen LogP contribution in [0.5, 0.6) is 0 Å². The third-order valence-electron chi connectivity index (χ3n) is 12.0. The molecule has 300 valence electrons. The summed E-state index contributed by atoms with van der Waals surface area (Å²) in [6.07, 6.45) is 6.94. The van der Waals surface area contributed by atoms with Gasteiger partial charge in [-0.15, -0.1) is 0 Å². The minimum absolute atomic E-state index is 0.00175. The van der Waals surface area contributed by atoms with Gasteiger partial charge in [-0.05, 0) is 86.6 Å². The highest BCUT2D eigenvalue weighted by atomic mass is 16.5. The van der Waals surface area contributed by atoms with Crippen molar-refractivity contribution >= 4 is 34.9 Å². The van der Waals surface area contributed by atoms with Gasteiger partial charge in [0, 0.05) is 35.5 Å². The Kier molecular flexibility index (Phi) is 11.7. The Labute approximate surface area is 333 Å². The number of methoxy groups -OCH3 is 2. The molecular weight excluding hydrogens is 723 g/mol. The normalized spacial score (nSPS) is 21.3. The highest BCUT2D eigenvalue weighted by Gasteiger charge is 2.48. The van der Waals surface area contributed by atoms with Crippen molar-refractivity contribution in [2.24, 2.45) is 23.7 Å². The smallest absolute Gasteiger partial charge is 0.407 e. The number of rotatable bonds is 10. The van der Waals surface area contributed by atoms with Crippen LogP contribution in [-0.2, 0) is 23.9 Å². The fourth-order valence-corrected chi connectivity index (χ4v) is 8.85. The number of alkyl carbamates (subject to hydrolysis) is 1. The number of hydrogen-bond donors (Lipinski definition) is 3. The Morgan fingerprint density at radius 3 is 2.26 bits per heavy atom. The molecule has 5 heterocycles.